The van der Waals surface area contributed by atoms with Gasteiger partial charge >= 0.3 is 6.03 Å². The zero-order valence-corrected chi connectivity index (χ0v) is 17.5. The standard InChI is InChI=1S/C22H24ClN5O2/c1-3-4-19(28(22(24)30)18-11-7-16(23)8-12-18)21(29)26-17-9-5-15(6-10-17)20-25-13-14-27(20)2/h3,5-12,19H,1,4,13-14H2,2H3,(H2,24,30)(H,26,29). The summed E-state index contributed by atoms with van der Waals surface area (Å²) in [4.78, 5) is 33.0. The number of amidine groups is 1. The highest BCUT2D eigenvalue weighted by molar-refractivity contribution is 6.30. The summed E-state index contributed by atoms with van der Waals surface area (Å²) in [5, 5.41) is 3.38. The van der Waals surface area contributed by atoms with E-state index >= 15 is 0 Å². The Labute approximate surface area is 180 Å². The van der Waals surface area contributed by atoms with Gasteiger partial charge in [0.15, 0.2) is 0 Å². The number of carbonyl (C=O) groups excluding carboxylic acids is 2. The molecule has 1 aliphatic heterocycles. The van der Waals surface area contributed by atoms with Crippen molar-refractivity contribution in [1.82, 2.24) is 4.90 Å². The highest BCUT2D eigenvalue weighted by atomic mass is 35.5. The number of nitrogens with two attached hydrogens (primary N) is 1. The van der Waals surface area contributed by atoms with Crippen LogP contribution in [-0.4, -0.2) is 48.9 Å². The van der Waals surface area contributed by atoms with Crippen molar-refractivity contribution < 1.29 is 9.59 Å². The van der Waals surface area contributed by atoms with Crippen molar-refractivity contribution in [3.63, 3.8) is 0 Å². The van der Waals surface area contributed by atoms with E-state index in [-0.39, 0.29) is 12.3 Å². The maximum Gasteiger partial charge on any atom is 0.320 e. The molecule has 7 nitrogen and oxygen atoms in total. The monoisotopic (exact) mass is 425 g/mol. The van der Waals surface area contributed by atoms with Gasteiger partial charge in [0.1, 0.15) is 11.9 Å². The number of hydrogen-bond donors (Lipinski definition) is 2. The van der Waals surface area contributed by atoms with E-state index < -0.39 is 12.1 Å². The zero-order chi connectivity index (χ0) is 21.7. The first-order valence-electron chi connectivity index (χ1n) is 9.52. The fourth-order valence-corrected chi connectivity index (χ4v) is 3.45. The Balaban J connectivity index is 1.79. The highest BCUT2D eigenvalue weighted by Crippen LogP contribution is 2.23. The van der Waals surface area contributed by atoms with Gasteiger partial charge in [0.05, 0.1) is 6.54 Å². The number of carbonyl (C=O) groups is 2. The van der Waals surface area contributed by atoms with Crippen LogP contribution in [-0.2, 0) is 4.79 Å². The first-order valence-corrected chi connectivity index (χ1v) is 9.90. The summed E-state index contributed by atoms with van der Waals surface area (Å²) >= 11 is 5.93. The first kappa shape index (κ1) is 21.4. The largest absolute Gasteiger partial charge is 0.358 e. The van der Waals surface area contributed by atoms with Gasteiger partial charge in [-0.25, -0.2) is 4.79 Å². The van der Waals surface area contributed by atoms with Crippen molar-refractivity contribution in [3.05, 3.63) is 71.8 Å². The second kappa shape index (κ2) is 9.45. The molecule has 30 heavy (non-hydrogen) atoms. The van der Waals surface area contributed by atoms with Gasteiger partial charge in [0.25, 0.3) is 0 Å². The number of aliphatic imine (C=N–C) groups is 1. The van der Waals surface area contributed by atoms with E-state index in [1.807, 2.05) is 31.3 Å². The van der Waals surface area contributed by atoms with Crippen LogP contribution in [0, 0.1) is 0 Å². The summed E-state index contributed by atoms with van der Waals surface area (Å²) in [6.07, 6.45) is 1.81. The van der Waals surface area contributed by atoms with Crippen molar-refractivity contribution in [2.75, 3.05) is 30.4 Å². The SMILES string of the molecule is C=CCC(C(=O)Nc1ccc(C2=NCCN2C)cc1)N(C(N)=O)c1ccc(Cl)cc1. The lowest BCUT2D eigenvalue weighted by Gasteiger charge is -2.29. The molecule has 1 atom stereocenters. The number of amides is 3. The van der Waals surface area contributed by atoms with Crippen molar-refractivity contribution in [1.29, 1.82) is 0 Å². The van der Waals surface area contributed by atoms with E-state index in [1.165, 1.54) is 4.90 Å². The number of halogens is 1. The maximum absolute atomic E-state index is 13.0. The summed E-state index contributed by atoms with van der Waals surface area (Å²) in [6, 6.07) is 12.4. The number of primary amides is 1. The van der Waals surface area contributed by atoms with Crippen molar-refractivity contribution in [2.45, 2.75) is 12.5 Å². The van der Waals surface area contributed by atoms with Gasteiger partial charge in [-0.2, -0.15) is 0 Å². The number of hydrogen-bond acceptors (Lipinski definition) is 4. The zero-order valence-electron chi connectivity index (χ0n) is 16.7. The number of nitrogens with zero attached hydrogens (tertiary/aromatic N) is 3. The van der Waals surface area contributed by atoms with Gasteiger partial charge in [-0.15, -0.1) is 6.58 Å². The molecule has 0 fully saturated rings. The summed E-state index contributed by atoms with van der Waals surface area (Å²) in [6.45, 7) is 5.38. The summed E-state index contributed by atoms with van der Waals surface area (Å²) in [7, 11) is 2.00. The lowest BCUT2D eigenvalue weighted by Crippen LogP contribution is -2.49. The van der Waals surface area contributed by atoms with Gasteiger partial charge < -0.3 is 16.0 Å². The van der Waals surface area contributed by atoms with E-state index in [9.17, 15) is 9.59 Å². The Bertz CT molecular complexity index is 956. The predicted octanol–water partition coefficient (Wildman–Crippen LogP) is 3.50. The lowest BCUT2D eigenvalue weighted by molar-refractivity contribution is -0.117. The second-order valence-corrected chi connectivity index (χ2v) is 7.35. The second-order valence-electron chi connectivity index (χ2n) is 6.92. The molecule has 3 amide bonds. The number of urea groups is 1. The van der Waals surface area contributed by atoms with E-state index in [1.54, 1.807) is 30.3 Å². The number of anilines is 2. The molecule has 0 radical (unpaired) electrons. The third kappa shape index (κ3) is 4.80. The molecule has 0 saturated carbocycles. The highest BCUT2D eigenvalue weighted by Gasteiger charge is 2.29. The van der Waals surface area contributed by atoms with Crippen LogP contribution in [0.25, 0.3) is 0 Å². The molecule has 3 rings (SSSR count). The molecule has 0 aliphatic carbocycles. The molecule has 1 heterocycles. The van der Waals surface area contributed by atoms with Crippen LogP contribution in [0.1, 0.15) is 12.0 Å². The minimum atomic E-state index is -0.855. The number of benzene rings is 2. The van der Waals surface area contributed by atoms with Crippen LogP contribution in [0.3, 0.4) is 0 Å². The number of rotatable bonds is 7. The molecule has 2 aromatic rings. The molecule has 8 heteroatoms. The molecular formula is C22H24ClN5O2. The molecule has 0 saturated heterocycles. The summed E-state index contributed by atoms with van der Waals surface area (Å²) in [5.41, 5.74) is 7.66. The van der Waals surface area contributed by atoms with E-state index in [4.69, 9.17) is 17.3 Å². The molecule has 0 bridgehead atoms. The minimum absolute atomic E-state index is 0.233. The minimum Gasteiger partial charge on any atom is -0.358 e. The van der Waals surface area contributed by atoms with E-state index in [2.05, 4.69) is 21.8 Å². The molecule has 0 spiro atoms. The quantitative estimate of drug-likeness (QED) is 0.665. The van der Waals surface area contributed by atoms with Crippen LogP contribution in [0.4, 0.5) is 16.2 Å². The van der Waals surface area contributed by atoms with Crippen LogP contribution in [0.2, 0.25) is 5.02 Å². The third-order valence-corrected chi connectivity index (χ3v) is 5.07. The van der Waals surface area contributed by atoms with Crippen LogP contribution in [0.15, 0.2) is 66.2 Å². The summed E-state index contributed by atoms with van der Waals surface area (Å²) in [5.74, 6) is 0.562. The molecule has 0 aromatic heterocycles. The topological polar surface area (TPSA) is 91.0 Å². The molecule has 3 N–H and O–H groups in total. The predicted molar refractivity (Wildman–Crippen MR) is 121 cm³/mol. The molecule has 1 aliphatic rings. The Kier molecular flexibility index (Phi) is 6.74. The van der Waals surface area contributed by atoms with Crippen LogP contribution in [0.5, 0.6) is 0 Å². The Hall–Kier alpha value is -3.32. The van der Waals surface area contributed by atoms with Gasteiger partial charge in [0.2, 0.25) is 5.91 Å². The van der Waals surface area contributed by atoms with Gasteiger partial charge in [-0.3, -0.25) is 14.7 Å². The van der Waals surface area contributed by atoms with Crippen LogP contribution < -0.4 is 16.0 Å². The van der Waals surface area contributed by atoms with Crippen molar-refractivity contribution in [3.8, 4) is 0 Å². The Morgan fingerprint density at radius 3 is 2.47 bits per heavy atom. The maximum atomic E-state index is 13.0. The number of likely N-dealkylation sites (N-methyl/N-ethyl adjacent to an activating group) is 1. The normalized spacial score (nSPS) is 14.1. The fourth-order valence-electron chi connectivity index (χ4n) is 3.32. The average Bonchev–Trinajstić information content (AvgIpc) is 3.15. The molecular weight excluding hydrogens is 402 g/mol. The number of nitrogens with one attached hydrogen (secondary N) is 1. The molecule has 1 unspecified atom stereocenters. The fraction of sp³-hybridized carbons (Fsp3) is 0.227. The first-order chi connectivity index (χ1) is 14.4. The van der Waals surface area contributed by atoms with E-state index in [0.717, 1.165) is 24.5 Å². The van der Waals surface area contributed by atoms with Gasteiger partial charge in [-0.1, -0.05) is 17.7 Å². The lowest BCUT2D eigenvalue weighted by atomic mass is 10.1. The van der Waals surface area contributed by atoms with Crippen molar-refractivity contribution >= 4 is 40.7 Å². The van der Waals surface area contributed by atoms with Crippen molar-refractivity contribution in [2.24, 2.45) is 10.7 Å². The molecule has 2 aromatic carbocycles. The van der Waals surface area contributed by atoms with Gasteiger partial charge in [-0.05, 0) is 55.0 Å². The summed E-state index contributed by atoms with van der Waals surface area (Å²) < 4.78 is 0. The average molecular weight is 426 g/mol. The van der Waals surface area contributed by atoms with Crippen LogP contribution >= 0.6 is 11.6 Å². The Morgan fingerprint density at radius 1 is 1.27 bits per heavy atom. The Morgan fingerprint density at radius 2 is 1.93 bits per heavy atom. The smallest absolute Gasteiger partial charge is 0.320 e. The molecule has 156 valence electrons. The third-order valence-electron chi connectivity index (χ3n) is 4.82. The van der Waals surface area contributed by atoms with E-state index in [0.29, 0.717) is 16.4 Å². The van der Waals surface area contributed by atoms with Gasteiger partial charge in [0, 0.05) is 35.6 Å².